The summed E-state index contributed by atoms with van der Waals surface area (Å²) in [5, 5.41) is 1.09. The summed E-state index contributed by atoms with van der Waals surface area (Å²) in [6.07, 6.45) is 3.02. The number of anilines is 1. The third-order valence-electron chi connectivity index (χ3n) is 5.29. The van der Waals surface area contributed by atoms with Crippen molar-refractivity contribution in [2.24, 2.45) is 0 Å². The molecule has 0 saturated carbocycles. The van der Waals surface area contributed by atoms with Crippen LogP contribution < -0.4 is 4.72 Å². The number of carbonyl (C=O) groups is 2. The number of para-hydroxylation sites is 1. The number of rotatable bonds is 6. The average Bonchev–Trinajstić information content (AvgIpc) is 2.85. The first kappa shape index (κ1) is 21.0. The predicted octanol–water partition coefficient (Wildman–Crippen LogP) is 4.43. The highest BCUT2D eigenvalue weighted by atomic mass is 32.2. The number of esters is 1. The Bertz CT molecular complexity index is 1290. The highest BCUT2D eigenvalue weighted by molar-refractivity contribution is 8.00. The van der Waals surface area contributed by atoms with Gasteiger partial charge < -0.3 is 14.4 Å². The van der Waals surface area contributed by atoms with E-state index in [9.17, 15) is 9.59 Å². The van der Waals surface area contributed by atoms with Crippen molar-refractivity contribution >= 4 is 40.4 Å². The quantitative estimate of drug-likeness (QED) is 0.339. The molecule has 33 heavy (non-hydrogen) atoms. The largest absolute Gasteiger partial charge is 0.454 e. The van der Waals surface area contributed by atoms with Crippen molar-refractivity contribution in [3.05, 3.63) is 96.4 Å². The molecule has 0 unspecified atom stereocenters. The normalized spacial score (nSPS) is 13.4. The molecule has 4 aromatic rings. The van der Waals surface area contributed by atoms with Crippen LogP contribution in [0.15, 0.2) is 90.1 Å². The van der Waals surface area contributed by atoms with E-state index >= 15 is 0 Å². The van der Waals surface area contributed by atoms with Crippen LogP contribution in [0.2, 0.25) is 0 Å². The molecule has 7 nitrogen and oxygen atoms in total. The molecule has 1 amide bonds. The number of likely N-dealkylation sites (tertiary alicyclic amines) is 1. The van der Waals surface area contributed by atoms with E-state index in [4.69, 9.17) is 4.74 Å². The Kier molecular flexibility index (Phi) is 5.91. The maximum Gasteiger partial charge on any atom is 0.357 e. The van der Waals surface area contributed by atoms with Crippen molar-refractivity contribution in [1.29, 1.82) is 0 Å². The van der Waals surface area contributed by atoms with Crippen molar-refractivity contribution in [3.63, 3.8) is 0 Å². The molecule has 0 bridgehead atoms. The van der Waals surface area contributed by atoms with Crippen LogP contribution in [0.25, 0.3) is 10.9 Å². The summed E-state index contributed by atoms with van der Waals surface area (Å²) in [5.74, 6) is -0.556. The van der Waals surface area contributed by atoms with Gasteiger partial charge in [-0.2, -0.15) is 0 Å². The molecule has 0 spiro atoms. The Morgan fingerprint density at radius 2 is 1.70 bits per heavy atom. The van der Waals surface area contributed by atoms with E-state index in [0.29, 0.717) is 18.7 Å². The molecule has 164 valence electrons. The third-order valence-corrected chi connectivity index (χ3v) is 6.18. The SMILES string of the molecule is O=C(OC1CN(C(=O)c2ccc(NSc3cccc4cccnc34)cc2)C1)c1ccccn1. The van der Waals surface area contributed by atoms with Crippen LogP contribution in [0.5, 0.6) is 0 Å². The molecule has 0 radical (unpaired) electrons. The van der Waals surface area contributed by atoms with E-state index in [1.54, 1.807) is 47.6 Å². The topological polar surface area (TPSA) is 84.4 Å². The lowest BCUT2D eigenvalue weighted by molar-refractivity contribution is -0.0238. The molecular weight excluding hydrogens is 436 g/mol. The monoisotopic (exact) mass is 456 g/mol. The summed E-state index contributed by atoms with van der Waals surface area (Å²) in [6.45, 7) is 0.753. The van der Waals surface area contributed by atoms with Crippen LogP contribution in [-0.4, -0.2) is 45.9 Å². The van der Waals surface area contributed by atoms with Gasteiger partial charge in [-0.05, 0) is 60.5 Å². The lowest BCUT2D eigenvalue weighted by Gasteiger charge is -2.38. The van der Waals surface area contributed by atoms with E-state index in [1.807, 2.05) is 42.5 Å². The van der Waals surface area contributed by atoms with Gasteiger partial charge in [0.2, 0.25) is 0 Å². The highest BCUT2D eigenvalue weighted by Gasteiger charge is 2.34. The molecule has 1 fully saturated rings. The lowest BCUT2D eigenvalue weighted by Crippen LogP contribution is -2.55. The summed E-state index contributed by atoms with van der Waals surface area (Å²) in [6, 6.07) is 22.4. The van der Waals surface area contributed by atoms with Crippen LogP contribution in [0, 0.1) is 0 Å². The van der Waals surface area contributed by atoms with Gasteiger partial charge in [0.1, 0.15) is 11.8 Å². The second-order valence-corrected chi connectivity index (χ2v) is 8.41. The van der Waals surface area contributed by atoms with Crippen LogP contribution in [0.3, 0.4) is 0 Å². The number of ether oxygens (including phenoxy) is 1. The molecule has 8 heteroatoms. The minimum Gasteiger partial charge on any atom is -0.454 e. The van der Waals surface area contributed by atoms with Gasteiger partial charge in [0.25, 0.3) is 5.91 Å². The summed E-state index contributed by atoms with van der Waals surface area (Å²) >= 11 is 1.48. The molecule has 1 N–H and O–H groups in total. The van der Waals surface area contributed by atoms with Gasteiger partial charge in [-0.3, -0.25) is 9.78 Å². The Labute approximate surface area is 194 Å². The van der Waals surface area contributed by atoms with Crippen molar-refractivity contribution in [2.75, 3.05) is 17.8 Å². The minimum atomic E-state index is -0.470. The molecular formula is C25H20N4O3S. The van der Waals surface area contributed by atoms with Crippen LogP contribution in [0.4, 0.5) is 5.69 Å². The standard InChI is InChI=1S/C25H20N4O3S/c30-24(29-15-20(16-29)32-25(31)21-7-1-2-13-26-21)18-9-11-19(12-10-18)28-33-22-8-3-5-17-6-4-14-27-23(17)22/h1-14,20,28H,15-16H2. The summed E-state index contributed by atoms with van der Waals surface area (Å²) < 4.78 is 8.71. The Morgan fingerprint density at radius 3 is 2.48 bits per heavy atom. The van der Waals surface area contributed by atoms with Gasteiger partial charge >= 0.3 is 5.97 Å². The van der Waals surface area contributed by atoms with Gasteiger partial charge in [-0.25, -0.2) is 9.78 Å². The smallest absolute Gasteiger partial charge is 0.357 e. The van der Waals surface area contributed by atoms with E-state index in [2.05, 4.69) is 14.7 Å². The second-order valence-electron chi connectivity index (χ2n) is 7.57. The number of carbonyl (C=O) groups excluding carboxylic acids is 2. The van der Waals surface area contributed by atoms with E-state index in [0.717, 1.165) is 21.5 Å². The van der Waals surface area contributed by atoms with Gasteiger partial charge in [-0.1, -0.05) is 24.3 Å². The number of benzene rings is 2. The van der Waals surface area contributed by atoms with Crippen LogP contribution in [0.1, 0.15) is 20.8 Å². The molecule has 0 atom stereocenters. The number of fused-ring (bicyclic) bond motifs is 1. The Morgan fingerprint density at radius 1 is 0.909 bits per heavy atom. The first-order valence-electron chi connectivity index (χ1n) is 10.5. The van der Waals surface area contributed by atoms with Crippen molar-refractivity contribution in [3.8, 4) is 0 Å². The zero-order chi connectivity index (χ0) is 22.6. The number of hydrogen-bond donors (Lipinski definition) is 1. The van der Waals surface area contributed by atoms with Crippen molar-refractivity contribution < 1.29 is 14.3 Å². The fraction of sp³-hybridized carbons (Fsp3) is 0.120. The lowest BCUT2D eigenvalue weighted by atomic mass is 10.1. The van der Waals surface area contributed by atoms with Gasteiger partial charge in [-0.15, -0.1) is 0 Å². The Hall–Kier alpha value is -3.91. The second kappa shape index (κ2) is 9.30. The van der Waals surface area contributed by atoms with E-state index in [1.165, 1.54) is 11.9 Å². The first-order valence-corrected chi connectivity index (χ1v) is 11.3. The molecule has 2 aromatic carbocycles. The third kappa shape index (κ3) is 4.65. The van der Waals surface area contributed by atoms with Crippen molar-refractivity contribution in [2.45, 2.75) is 11.0 Å². The molecule has 0 aliphatic carbocycles. The fourth-order valence-corrected chi connectivity index (χ4v) is 4.29. The first-order chi connectivity index (χ1) is 16.2. The number of nitrogens with zero attached hydrogens (tertiary/aromatic N) is 3. The van der Waals surface area contributed by atoms with Gasteiger partial charge in [0.15, 0.2) is 0 Å². The summed E-state index contributed by atoms with van der Waals surface area (Å²) in [7, 11) is 0. The van der Waals surface area contributed by atoms with Gasteiger partial charge in [0.05, 0.1) is 23.5 Å². The number of aromatic nitrogens is 2. The average molecular weight is 457 g/mol. The zero-order valence-electron chi connectivity index (χ0n) is 17.5. The molecule has 2 aromatic heterocycles. The number of amides is 1. The maximum absolute atomic E-state index is 12.7. The van der Waals surface area contributed by atoms with Crippen LogP contribution >= 0.6 is 11.9 Å². The maximum atomic E-state index is 12.7. The molecule has 1 saturated heterocycles. The molecule has 1 aliphatic rings. The minimum absolute atomic E-state index is 0.0856. The number of pyridine rings is 2. The molecule has 1 aliphatic heterocycles. The molecule has 5 rings (SSSR count). The number of hydrogen-bond acceptors (Lipinski definition) is 7. The molecule has 3 heterocycles. The van der Waals surface area contributed by atoms with Crippen LogP contribution in [-0.2, 0) is 4.74 Å². The zero-order valence-corrected chi connectivity index (χ0v) is 18.4. The summed E-state index contributed by atoms with van der Waals surface area (Å²) in [5.41, 5.74) is 2.69. The summed E-state index contributed by atoms with van der Waals surface area (Å²) in [4.78, 5) is 35.9. The fourth-order valence-electron chi connectivity index (χ4n) is 3.51. The predicted molar refractivity (Wildman–Crippen MR) is 127 cm³/mol. The van der Waals surface area contributed by atoms with E-state index < -0.39 is 5.97 Å². The van der Waals surface area contributed by atoms with Crippen molar-refractivity contribution in [1.82, 2.24) is 14.9 Å². The Balaban J connectivity index is 1.14. The highest BCUT2D eigenvalue weighted by Crippen LogP contribution is 2.27. The number of nitrogens with one attached hydrogen (secondary N) is 1. The van der Waals surface area contributed by atoms with E-state index in [-0.39, 0.29) is 17.7 Å². The van der Waals surface area contributed by atoms with Gasteiger partial charge in [0, 0.05) is 29.0 Å².